The van der Waals surface area contributed by atoms with E-state index in [-0.39, 0.29) is 0 Å². The van der Waals surface area contributed by atoms with Crippen LogP contribution in [-0.4, -0.2) is 49.2 Å². The van der Waals surface area contributed by atoms with Crippen LogP contribution in [0.3, 0.4) is 0 Å². The fourth-order valence-electron chi connectivity index (χ4n) is 2.72. The molecule has 0 spiro atoms. The SMILES string of the molecule is COC(=O)c1ccc(CN2CCC[C@@H]2C(=O)NCC(F)(F)F)cc1. The fourth-order valence-corrected chi connectivity index (χ4v) is 2.72. The Morgan fingerprint density at radius 2 is 1.96 bits per heavy atom. The van der Waals surface area contributed by atoms with Crippen molar-refractivity contribution in [3.63, 3.8) is 0 Å². The van der Waals surface area contributed by atoms with Crippen molar-refractivity contribution < 1.29 is 27.5 Å². The number of rotatable bonds is 5. The maximum Gasteiger partial charge on any atom is 0.405 e. The number of amides is 1. The first-order chi connectivity index (χ1) is 11.3. The molecule has 1 aromatic carbocycles. The van der Waals surface area contributed by atoms with Crippen LogP contribution in [0.25, 0.3) is 0 Å². The fraction of sp³-hybridized carbons (Fsp3) is 0.500. The van der Waals surface area contributed by atoms with E-state index in [2.05, 4.69) is 4.74 Å². The van der Waals surface area contributed by atoms with Gasteiger partial charge in [0.1, 0.15) is 6.54 Å². The van der Waals surface area contributed by atoms with Crippen LogP contribution in [0, 0.1) is 0 Å². The number of hydrogen-bond acceptors (Lipinski definition) is 4. The summed E-state index contributed by atoms with van der Waals surface area (Å²) in [5, 5.41) is 1.95. The molecule has 24 heavy (non-hydrogen) atoms. The van der Waals surface area contributed by atoms with Gasteiger partial charge in [0.05, 0.1) is 18.7 Å². The van der Waals surface area contributed by atoms with E-state index in [0.717, 1.165) is 12.0 Å². The molecule has 1 heterocycles. The number of nitrogens with zero attached hydrogens (tertiary/aromatic N) is 1. The number of esters is 1. The van der Waals surface area contributed by atoms with E-state index in [4.69, 9.17) is 0 Å². The summed E-state index contributed by atoms with van der Waals surface area (Å²) >= 11 is 0. The minimum absolute atomic E-state index is 0.419. The van der Waals surface area contributed by atoms with Gasteiger partial charge in [-0.2, -0.15) is 13.2 Å². The topological polar surface area (TPSA) is 58.6 Å². The molecular formula is C16H19F3N2O3. The highest BCUT2D eigenvalue weighted by Gasteiger charge is 2.34. The molecule has 1 N–H and O–H groups in total. The average molecular weight is 344 g/mol. The normalized spacial score (nSPS) is 18.4. The molecule has 1 saturated heterocycles. The molecule has 8 heteroatoms. The Labute approximate surface area is 137 Å². The summed E-state index contributed by atoms with van der Waals surface area (Å²) in [6.07, 6.45) is -3.13. The second kappa shape index (κ2) is 7.65. The maximum atomic E-state index is 12.2. The second-order valence-corrected chi connectivity index (χ2v) is 5.65. The minimum atomic E-state index is -4.41. The number of alkyl halides is 3. The monoisotopic (exact) mass is 344 g/mol. The van der Waals surface area contributed by atoms with Gasteiger partial charge in [-0.05, 0) is 37.1 Å². The molecule has 0 aromatic heterocycles. The molecule has 132 valence electrons. The first-order valence-corrected chi connectivity index (χ1v) is 7.56. The zero-order valence-corrected chi connectivity index (χ0v) is 13.2. The van der Waals surface area contributed by atoms with Gasteiger partial charge in [-0.3, -0.25) is 9.69 Å². The van der Waals surface area contributed by atoms with E-state index < -0.39 is 30.6 Å². The van der Waals surface area contributed by atoms with Crippen LogP contribution in [0.15, 0.2) is 24.3 Å². The number of methoxy groups -OCH3 is 1. The van der Waals surface area contributed by atoms with Crippen LogP contribution in [0.1, 0.15) is 28.8 Å². The number of ether oxygens (including phenoxy) is 1. The number of nitrogens with one attached hydrogen (secondary N) is 1. The number of benzene rings is 1. The molecule has 0 bridgehead atoms. The van der Waals surface area contributed by atoms with Crippen molar-refractivity contribution in [3.8, 4) is 0 Å². The Kier molecular flexibility index (Phi) is 5.82. The van der Waals surface area contributed by atoms with E-state index in [9.17, 15) is 22.8 Å². The van der Waals surface area contributed by atoms with Gasteiger partial charge in [-0.15, -0.1) is 0 Å². The third-order valence-electron chi connectivity index (χ3n) is 3.89. The summed E-state index contributed by atoms with van der Waals surface area (Å²) < 4.78 is 41.3. The predicted molar refractivity (Wildman–Crippen MR) is 80.3 cm³/mol. The van der Waals surface area contributed by atoms with Gasteiger partial charge in [0, 0.05) is 6.54 Å². The van der Waals surface area contributed by atoms with Crippen molar-refractivity contribution >= 4 is 11.9 Å². The molecule has 1 aliphatic rings. The quantitative estimate of drug-likeness (QED) is 0.832. The standard InChI is InChI=1S/C16H19F3N2O3/c1-24-15(23)12-6-4-11(5-7-12)9-21-8-2-3-13(21)14(22)20-10-16(17,18)19/h4-7,13H,2-3,8-10H2,1H3,(H,20,22)/t13-/m1/s1. The molecule has 1 aliphatic heterocycles. The van der Waals surface area contributed by atoms with Crippen LogP contribution in [0.5, 0.6) is 0 Å². The van der Waals surface area contributed by atoms with Gasteiger partial charge in [0.25, 0.3) is 0 Å². The molecule has 1 amide bonds. The number of carbonyl (C=O) groups is 2. The highest BCUT2D eigenvalue weighted by Crippen LogP contribution is 2.21. The second-order valence-electron chi connectivity index (χ2n) is 5.65. The van der Waals surface area contributed by atoms with Gasteiger partial charge >= 0.3 is 12.1 Å². The van der Waals surface area contributed by atoms with Gasteiger partial charge in [-0.25, -0.2) is 4.79 Å². The summed E-state index contributed by atoms with van der Waals surface area (Å²) in [6.45, 7) is -0.238. The van der Waals surface area contributed by atoms with Crippen LogP contribution >= 0.6 is 0 Å². The lowest BCUT2D eigenvalue weighted by atomic mass is 10.1. The van der Waals surface area contributed by atoms with Crippen LogP contribution in [0.2, 0.25) is 0 Å². The molecule has 1 fully saturated rings. The third kappa shape index (κ3) is 4.95. The summed E-state index contributed by atoms with van der Waals surface area (Å²) in [5.41, 5.74) is 1.29. The average Bonchev–Trinajstić information content (AvgIpc) is 3.00. The molecule has 0 radical (unpaired) electrons. The van der Waals surface area contributed by atoms with Crippen molar-refractivity contribution in [1.82, 2.24) is 10.2 Å². The van der Waals surface area contributed by atoms with Gasteiger partial charge in [0.2, 0.25) is 5.91 Å². The summed E-state index contributed by atoms with van der Waals surface area (Å²) in [4.78, 5) is 25.2. The Bertz CT molecular complexity index is 587. The number of carbonyl (C=O) groups excluding carboxylic acids is 2. The lowest BCUT2D eigenvalue weighted by molar-refractivity contribution is -0.141. The molecule has 1 atom stereocenters. The lowest BCUT2D eigenvalue weighted by Crippen LogP contribution is -2.45. The predicted octanol–water partition coefficient (Wildman–Crippen LogP) is 2.12. The summed E-state index contributed by atoms with van der Waals surface area (Å²) in [6, 6.07) is 6.17. The van der Waals surface area contributed by atoms with Gasteiger partial charge in [0.15, 0.2) is 0 Å². The number of likely N-dealkylation sites (tertiary alicyclic amines) is 1. The van der Waals surface area contributed by atoms with E-state index in [1.165, 1.54) is 7.11 Å². The molecular weight excluding hydrogens is 325 g/mol. The van der Waals surface area contributed by atoms with E-state index >= 15 is 0 Å². The molecule has 0 saturated carbocycles. The van der Waals surface area contributed by atoms with Crippen molar-refractivity contribution in [1.29, 1.82) is 0 Å². The highest BCUT2D eigenvalue weighted by atomic mass is 19.4. The smallest absolute Gasteiger partial charge is 0.405 e. The number of halogens is 3. The van der Waals surface area contributed by atoms with Crippen LogP contribution < -0.4 is 5.32 Å². The Morgan fingerprint density at radius 1 is 1.29 bits per heavy atom. The van der Waals surface area contributed by atoms with Gasteiger partial charge < -0.3 is 10.1 Å². The maximum absolute atomic E-state index is 12.2. The minimum Gasteiger partial charge on any atom is -0.465 e. The Morgan fingerprint density at radius 3 is 2.54 bits per heavy atom. The molecule has 1 aromatic rings. The van der Waals surface area contributed by atoms with Crippen molar-refractivity contribution in [3.05, 3.63) is 35.4 Å². The third-order valence-corrected chi connectivity index (χ3v) is 3.89. The lowest BCUT2D eigenvalue weighted by Gasteiger charge is -2.24. The van der Waals surface area contributed by atoms with E-state index in [1.54, 1.807) is 24.3 Å². The Balaban J connectivity index is 1.95. The Hall–Kier alpha value is -2.09. The molecule has 0 unspecified atom stereocenters. The van der Waals surface area contributed by atoms with Gasteiger partial charge in [-0.1, -0.05) is 12.1 Å². The van der Waals surface area contributed by atoms with Crippen molar-refractivity contribution in [2.75, 3.05) is 20.2 Å². The first kappa shape index (κ1) is 18.3. The van der Waals surface area contributed by atoms with E-state index in [1.807, 2.05) is 10.2 Å². The highest BCUT2D eigenvalue weighted by molar-refractivity contribution is 5.89. The largest absolute Gasteiger partial charge is 0.465 e. The first-order valence-electron chi connectivity index (χ1n) is 7.56. The molecule has 2 rings (SSSR count). The molecule has 0 aliphatic carbocycles. The summed E-state index contributed by atoms with van der Waals surface area (Å²) in [7, 11) is 1.30. The van der Waals surface area contributed by atoms with Crippen molar-refractivity contribution in [2.24, 2.45) is 0 Å². The summed E-state index contributed by atoms with van der Waals surface area (Å²) in [5.74, 6) is -1.04. The van der Waals surface area contributed by atoms with Crippen molar-refractivity contribution in [2.45, 2.75) is 31.6 Å². The zero-order chi connectivity index (χ0) is 17.7. The zero-order valence-electron chi connectivity index (χ0n) is 13.2. The molecule has 5 nitrogen and oxygen atoms in total. The van der Waals surface area contributed by atoms with E-state index in [0.29, 0.717) is 25.1 Å². The van der Waals surface area contributed by atoms with Crippen LogP contribution in [-0.2, 0) is 16.1 Å². The van der Waals surface area contributed by atoms with Crippen LogP contribution in [0.4, 0.5) is 13.2 Å². The number of hydrogen-bond donors (Lipinski definition) is 1.